The lowest BCUT2D eigenvalue weighted by Crippen LogP contribution is -2.28. The monoisotopic (exact) mass is 350 g/mol. The Kier molecular flexibility index (Phi) is 5.56. The van der Waals surface area contributed by atoms with Crippen LogP contribution in [0.15, 0.2) is 48.5 Å². The minimum Gasteiger partial charge on any atom is -0.349 e. The van der Waals surface area contributed by atoms with Gasteiger partial charge in [0, 0.05) is 5.69 Å². The Morgan fingerprint density at radius 3 is 2.54 bits per heavy atom. The maximum atomic E-state index is 13.6. The Labute approximate surface area is 141 Å². The number of sulfonamides is 1. The molecular formula is C17H19FN2O3S. The molecule has 128 valence electrons. The summed E-state index contributed by atoms with van der Waals surface area (Å²) in [6, 6.07) is 12.5. The summed E-state index contributed by atoms with van der Waals surface area (Å²) in [6.07, 6.45) is 1.01. The van der Waals surface area contributed by atoms with Crippen molar-refractivity contribution in [2.24, 2.45) is 0 Å². The van der Waals surface area contributed by atoms with E-state index >= 15 is 0 Å². The zero-order valence-electron chi connectivity index (χ0n) is 13.4. The van der Waals surface area contributed by atoms with Crippen LogP contribution in [0.1, 0.15) is 24.1 Å². The smallest absolute Gasteiger partial charge is 0.229 e. The molecule has 0 fully saturated rings. The number of hydrogen-bond donors (Lipinski definition) is 2. The number of hydrogen-bond acceptors (Lipinski definition) is 3. The van der Waals surface area contributed by atoms with E-state index in [-0.39, 0.29) is 18.4 Å². The largest absolute Gasteiger partial charge is 0.349 e. The minimum atomic E-state index is -3.37. The topological polar surface area (TPSA) is 75.3 Å². The Hall–Kier alpha value is -2.41. The van der Waals surface area contributed by atoms with E-state index in [4.69, 9.17) is 0 Å². The first kappa shape index (κ1) is 17.9. The second-order valence-corrected chi connectivity index (χ2v) is 7.31. The van der Waals surface area contributed by atoms with Crippen molar-refractivity contribution < 1.29 is 17.6 Å². The summed E-state index contributed by atoms with van der Waals surface area (Å²) in [6.45, 7) is 1.78. The number of carbonyl (C=O) groups is 1. The summed E-state index contributed by atoms with van der Waals surface area (Å²) >= 11 is 0. The Morgan fingerprint density at radius 1 is 1.17 bits per heavy atom. The molecule has 2 N–H and O–H groups in total. The van der Waals surface area contributed by atoms with E-state index in [1.807, 2.05) is 0 Å². The molecule has 0 unspecified atom stereocenters. The third-order valence-corrected chi connectivity index (χ3v) is 3.98. The van der Waals surface area contributed by atoms with Crippen molar-refractivity contribution in [2.75, 3.05) is 11.0 Å². The van der Waals surface area contributed by atoms with Crippen LogP contribution < -0.4 is 10.0 Å². The van der Waals surface area contributed by atoms with Gasteiger partial charge in [0.05, 0.1) is 18.7 Å². The quantitative estimate of drug-likeness (QED) is 0.841. The van der Waals surface area contributed by atoms with E-state index in [9.17, 15) is 17.6 Å². The fourth-order valence-corrected chi connectivity index (χ4v) is 2.83. The zero-order valence-corrected chi connectivity index (χ0v) is 14.2. The van der Waals surface area contributed by atoms with Crippen molar-refractivity contribution in [1.82, 2.24) is 5.32 Å². The average molecular weight is 350 g/mol. The van der Waals surface area contributed by atoms with Crippen molar-refractivity contribution in [3.8, 4) is 0 Å². The molecule has 1 amide bonds. The highest BCUT2D eigenvalue weighted by molar-refractivity contribution is 7.92. The molecule has 2 rings (SSSR count). The molecule has 0 saturated heterocycles. The van der Waals surface area contributed by atoms with Crippen LogP contribution in [0.2, 0.25) is 0 Å². The molecular weight excluding hydrogens is 331 g/mol. The molecule has 0 aliphatic carbocycles. The van der Waals surface area contributed by atoms with Gasteiger partial charge in [-0.25, -0.2) is 12.8 Å². The molecule has 0 saturated carbocycles. The second kappa shape index (κ2) is 7.44. The molecule has 0 aromatic heterocycles. The van der Waals surface area contributed by atoms with Crippen molar-refractivity contribution in [3.63, 3.8) is 0 Å². The minimum absolute atomic E-state index is 0.0572. The van der Waals surface area contributed by atoms with Gasteiger partial charge in [0.25, 0.3) is 0 Å². The van der Waals surface area contributed by atoms with Gasteiger partial charge in [-0.15, -0.1) is 0 Å². The predicted octanol–water partition coefficient (Wildman–Crippen LogP) is 2.62. The first-order valence-electron chi connectivity index (χ1n) is 7.35. The lowest BCUT2D eigenvalue weighted by molar-refractivity contribution is -0.121. The summed E-state index contributed by atoms with van der Waals surface area (Å²) in [5.41, 5.74) is 1.49. The van der Waals surface area contributed by atoms with Crippen LogP contribution in [0.4, 0.5) is 10.1 Å². The Balaban J connectivity index is 2.04. The van der Waals surface area contributed by atoms with Gasteiger partial charge < -0.3 is 5.32 Å². The first-order valence-corrected chi connectivity index (χ1v) is 9.24. The summed E-state index contributed by atoms with van der Waals surface area (Å²) in [5.74, 6) is -0.728. The zero-order chi connectivity index (χ0) is 17.7. The average Bonchev–Trinajstić information content (AvgIpc) is 2.48. The highest BCUT2D eigenvalue weighted by Gasteiger charge is 2.13. The third-order valence-electron chi connectivity index (χ3n) is 3.38. The van der Waals surface area contributed by atoms with Gasteiger partial charge in [0.1, 0.15) is 5.82 Å². The van der Waals surface area contributed by atoms with E-state index in [0.717, 1.165) is 11.8 Å². The molecule has 5 nitrogen and oxygen atoms in total. The van der Waals surface area contributed by atoms with Crippen LogP contribution in [0.25, 0.3) is 0 Å². The van der Waals surface area contributed by atoms with Crippen LogP contribution in [0.5, 0.6) is 0 Å². The van der Waals surface area contributed by atoms with Gasteiger partial charge in [-0.2, -0.15) is 0 Å². The summed E-state index contributed by atoms with van der Waals surface area (Å²) in [5, 5.41) is 2.78. The Bertz CT molecular complexity index is 837. The highest BCUT2D eigenvalue weighted by Crippen LogP contribution is 2.18. The van der Waals surface area contributed by atoms with Crippen LogP contribution in [-0.4, -0.2) is 20.6 Å². The molecule has 2 aromatic rings. The molecule has 0 bridgehead atoms. The van der Waals surface area contributed by atoms with Gasteiger partial charge in [-0.1, -0.05) is 30.3 Å². The van der Waals surface area contributed by atoms with Crippen molar-refractivity contribution in [3.05, 3.63) is 65.5 Å². The number of rotatable bonds is 6. The maximum Gasteiger partial charge on any atom is 0.229 e. The lowest BCUT2D eigenvalue weighted by Gasteiger charge is -2.16. The molecule has 24 heavy (non-hydrogen) atoms. The van der Waals surface area contributed by atoms with Gasteiger partial charge >= 0.3 is 0 Å². The number of amides is 1. The molecule has 0 aliphatic rings. The highest BCUT2D eigenvalue weighted by atomic mass is 32.2. The molecule has 2 aromatic carbocycles. The molecule has 0 spiro atoms. The fraction of sp³-hybridized carbons (Fsp3) is 0.235. The maximum absolute atomic E-state index is 13.6. The summed E-state index contributed by atoms with van der Waals surface area (Å²) < 4.78 is 38.5. The van der Waals surface area contributed by atoms with Gasteiger partial charge in [-0.3, -0.25) is 9.52 Å². The summed E-state index contributed by atoms with van der Waals surface area (Å²) in [4.78, 5) is 12.1. The number of halogens is 1. The molecule has 7 heteroatoms. The van der Waals surface area contributed by atoms with Crippen LogP contribution in [-0.2, 0) is 21.2 Å². The molecule has 1 atom stereocenters. The lowest BCUT2D eigenvalue weighted by atomic mass is 10.1. The standard InChI is InChI=1S/C17H19FN2O3S/c1-12(13-7-5-8-15(10-13)20-24(2,22)23)19-17(21)11-14-6-3-4-9-16(14)18/h3-10,12,20H,11H2,1-2H3,(H,19,21)/t12-/m1/s1. The van der Waals surface area contributed by atoms with E-state index in [0.29, 0.717) is 11.3 Å². The predicted molar refractivity (Wildman–Crippen MR) is 91.6 cm³/mol. The van der Waals surface area contributed by atoms with E-state index in [2.05, 4.69) is 10.0 Å². The van der Waals surface area contributed by atoms with Crippen molar-refractivity contribution >= 4 is 21.6 Å². The number of carbonyl (C=O) groups excluding carboxylic acids is 1. The summed E-state index contributed by atoms with van der Waals surface area (Å²) in [7, 11) is -3.37. The second-order valence-electron chi connectivity index (χ2n) is 5.56. The molecule has 0 heterocycles. The van der Waals surface area contributed by atoms with E-state index in [1.165, 1.54) is 6.07 Å². The molecule has 0 radical (unpaired) electrons. The fourth-order valence-electron chi connectivity index (χ4n) is 2.28. The van der Waals surface area contributed by atoms with Gasteiger partial charge in [0.15, 0.2) is 0 Å². The SMILES string of the molecule is C[C@@H](NC(=O)Cc1ccccc1F)c1cccc(NS(C)(=O)=O)c1. The van der Waals surface area contributed by atoms with E-state index < -0.39 is 15.8 Å². The number of nitrogens with one attached hydrogen (secondary N) is 2. The van der Waals surface area contributed by atoms with Crippen LogP contribution >= 0.6 is 0 Å². The third kappa shape index (κ3) is 5.34. The van der Waals surface area contributed by atoms with E-state index in [1.54, 1.807) is 49.4 Å². The van der Waals surface area contributed by atoms with Crippen molar-refractivity contribution in [2.45, 2.75) is 19.4 Å². The number of anilines is 1. The number of benzene rings is 2. The first-order chi connectivity index (χ1) is 11.2. The van der Waals surface area contributed by atoms with Gasteiger partial charge in [0.2, 0.25) is 15.9 Å². The normalized spacial score (nSPS) is 12.5. The van der Waals surface area contributed by atoms with Crippen LogP contribution in [0, 0.1) is 5.82 Å². The Morgan fingerprint density at radius 2 is 1.88 bits per heavy atom. The van der Waals surface area contributed by atoms with Crippen molar-refractivity contribution in [1.29, 1.82) is 0 Å². The van der Waals surface area contributed by atoms with Gasteiger partial charge in [-0.05, 0) is 36.2 Å². The molecule has 0 aliphatic heterocycles. The van der Waals surface area contributed by atoms with Crippen LogP contribution in [0.3, 0.4) is 0 Å².